The lowest BCUT2D eigenvalue weighted by Gasteiger charge is -2.13. The van der Waals surface area contributed by atoms with Crippen LogP contribution in [0.25, 0.3) is 0 Å². The van der Waals surface area contributed by atoms with E-state index in [0.717, 1.165) is 6.42 Å². The van der Waals surface area contributed by atoms with Crippen LogP contribution >= 0.6 is 0 Å². The van der Waals surface area contributed by atoms with E-state index in [1.165, 1.54) is 0 Å². The third-order valence-electron chi connectivity index (χ3n) is 2.17. The van der Waals surface area contributed by atoms with Gasteiger partial charge in [0.05, 0.1) is 6.04 Å². The number of hydrogen-bond acceptors (Lipinski definition) is 4. The molecule has 0 aliphatic rings. The number of H-pyrrole nitrogens is 1. The number of carbonyl (C=O) groups is 1. The molecule has 0 fully saturated rings. The quantitative estimate of drug-likeness (QED) is 0.732. The van der Waals surface area contributed by atoms with Crippen LogP contribution in [0.15, 0.2) is 0 Å². The van der Waals surface area contributed by atoms with Crippen molar-refractivity contribution in [1.82, 2.24) is 25.9 Å². The minimum Gasteiger partial charge on any atom is -0.346 e. The van der Waals surface area contributed by atoms with Gasteiger partial charge in [0.25, 0.3) is 0 Å². The van der Waals surface area contributed by atoms with Gasteiger partial charge in [0.2, 0.25) is 5.91 Å². The van der Waals surface area contributed by atoms with Gasteiger partial charge in [0.1, 0.15) is 0 Å². The summed E-state index contributed by atoms with van der Waals surface area (Å²) in [4.78, 5) is 11.5. The number of carbonyl (C=O) groups excluding carboxylic acids is 1. The largest absolute Gasteiger partial charge is 0.346 e. The van der Waals surface area contributed by atoms with Crippen molar-refractivity contribution in [3.63, 3.8) is 0 Å². The first kappa shape index (κ1) is 10.6. The Kier molecular flexibility index (Phi) is 3.55. The van der Waals surface area contributed by atoms with Gasteiger partial charge in [-0.15, -0.1) is 10.2 Å². The van der Waals surface area contributed by atoms with Crippen LogP contribution in [0.3, 0.4) is 0 Å². The summed E-state index contributed by atoms with van der Waals surface area (Å²) in [5.41, 5.74) is 0. The molecule has 0 radical (unpaired) electrons. The van der Waals surface area contributed by atoms with Gasteiger partial charge in [-0.05, 0) is 13.3 Å². The number of nitrogens with one attached hydrogen (secondary N) is 2. The zero-order valence-electron chi connectivity index (χ0n) is 8.61. The molecule has 78 valence electrons. The molecule has 0 saturated heterocycles. The fourth-order valence-corrected chi connectivity index (χ4v) is 0.959. The lowest BCUT2D eigenvalue weighted by molar-refractivity contribution is -0.125. The number of aromatic nitrogens is 4. The molecule has 1 amide bonds. The second kappa shape index (κ2) is 4.69. The van der Waals surface area contributed by atoms with Crippen molar-refractivity contribution in [3.8, 4) is 0 Å². The lowest BCUT2D eigenvalue weighted by Crippen LogP contribution is -2.31. The average molecular weight is 197 g/mol. The maximum absolute atomic E-state index is 11.5. The lowest BCUT2D eigenvalue weighted by atomic mass is 10.1. The summed E-state index contributed by atoms with van der Waals surface area (Å²) >= 11 is 0. The van der Waals surface area contributed by atoms with Crippen molar-refractivity contribution in [1.29, 1.82) is 0 Å². The van der Waals surface area contributed by atoms with Crippen molar-refractivity contribution < 1.29 is 4.79 Å². The molecule has 1 aromatic heterocycles. The molecule has 0 aliphatic heterocycles. The van der Waals surface area contributed by atoms with E-state index >= 15 is 0 Å². The monoisotopic (exact) mass is 197 g/mol. The molecule has 0 spiro atoms. The highest BCUT2D eigenvalue weighted by Gasteiger charge is 2.16. The van der Waals surface area contributed by atoms with Crippen molar-refractivity contribution >= 4 is 5.91 Å². The van der Waals surface area contributed by atoms with Gasteiger partial charge in [-0.3, -0.25) is 4.79 Å². The zero-order chi connectivity index (χ0) is 10.6. The average Bonchev–Trinajstić information content (AvgIpc) is 2.69. The van der Waals surface area contributed by atoms with E-state index in [0.29, 0.717) is 5.82 Å². The van der Waals surface area contributed by atoms with Gasteiger partial charge in [0, 0.05) is 5.92 Å². The van der Waals surface area contributed by atoms with Crippen LogP contribution < -0.4 is 5.32 Å². The Hall–Kier alpha value is -1.46. The molecule has 1 aromatic rings. The van der Waals surface area contributed by atoms with Gasteiger partial charge >= 0.3 is 0 Å². The second-order valence-corrected chi connectivity index (χ2v) is 3.31. The second-order valence-electron chi connectivity index (χ2n) is 3.31. The molecule has 2 atom stereocenters. The van der Waals surface area contributed by atoms with Crippen LogP contribution in [0, 0.1) is 5.92 Å². The fourth-order valence-electron chi connectivity index (χ4n) is 0.959. The third kappa shape index (κ3) is 2.51. The van der Waals surface area contributed by atoms with Crippen LogP contribution in [-0.2, 0) is 4.79 Å². The number of tetrazole rings is 1. The topological polar surface area (TPSA) is 83.6 Å². The molecule has 14 heavy (non-hydrogen) atoms. The predicted molar refractivity (Wildman–Crippen MR) is 50.2 cm³/mol. The Balaban J connectivity index is 2.49. The Morgan fingerprint density at radius 1 is 1.57 bits per heavy atom. The minimum absolute atomic E-state index is 0.0179. The first-order valence-electron chi connectivity index (χ1n) is 4.68. The maximum Gasteiger partial charge on any atom is 0.223 e. The number of hydrogen-bond donors (Lipinski definition) is 2. The first-order chi connectivity index (χ1) is 6.65. The number of rotatable bonds is 4. The van der Waals surface area contributed by atoms with Crippen LogP contribution in [-0.4, -0.2) is 26.5 Å². The summed E-state index contributed by atoms with van der Waals surface area (Å²) in [6.07, 6.45) is 0.824. The van der Waals surface area contributed by atoms with Crippen molar-refractivity contribution in [2.45, 2.75) is 33.2 Å². The zero-order valence-corrected chi connectivity index (χ0v) is 8.61. The Morgan fingerprint density at radius 2 is 2.29 bits per heavy atom. The van der Waals surface area contributed by atoms with Crippen LogP contribution in [0.1, 0.15) is 39.1 Å². The van der Waals surface area contributed by atoms with E-state index in [1.807, 2.05) is 20.8 Å². The highest BCUT2D eigenvalue weighted by atomic mass is 16.1. The van der Waals surface area contributed by atoms with Crippen LogP contribution in [0.2, 0.25) is 0 Å². The van der Waals surface area contributed by atoms with Crippen LogP contribution in [0.5, 0.6) is 0 Å². The first-order valence-corrected chi connectivity index (χ1v) is 4.68. The van der Waals surface area contributed by atoms with Crippen molar-refractivity contribution in [3.05, 3.63) is 5.82 Å². The molecular weight excluding hydrogens is 182 g/mol. The number of aromatic amines is 1. The Bertz CT molecular complexity index is 284. The third-order valence-corrected chi connectivity index (χ3v) is 2.17. The number of amides is 1. The summed E-state index contributed by atoms with van der Waals surface area (Å²) in [7, 11) is 0. The van der Waals surface area contributed by atoms with Gasteiger partial charge in [-0.1, -0.05) is 19.1 Å². The summed E-state index contributed by atoms with van der Waals surface area (Å²) in [6.45, 7) is 5.69. The standard InChI is InChI=1S/C8H15N5O/c1-4-5(2)8(14)9-6(3)7-10-12-13-11-7/h5-6H,4H2,1-3H3,(H,9,14)(H,10,11,12,13). The van der Waals surface area contributed by atoms with E-state index in [9.17, 15) is 4.79 Å². The van der Waals surface area contributed by atoms with Gasteiger partial charge in [-0.2, -0.15) is 5.21 Å². The minimum atomic E-state index is -0.199. The molecule has 6 heteroatoms. The van der Waals surface area contributed by atoms with E-state index in [1.54, 1.807) is 0 Å². The summed E-state index contributed by atoms with van der Waals surface area (Å²) < 4.78 is 0. The van der Waals surface area contributed by atoms with Crippen LogP contribution in [0.4, 0.5) is 0 Å². The highest BCUT2D eigenvalue weighted by Crippen LogP contribution is 2.07. The Morgan fingerprint density at radius 3 is 2.79 bits per heavy atom. The molecule has 6 nitrogen and oxygen atoms in total. The molecule has 0 aliphatic carbocycles. The highest BCUT2D eigenvalue weighted by molar-refractivity contribution is 5.78. The normalized spacial score (nSPS) is 14.8. The maximum atomic E-state index is 11.5. The molecule has 1 heterocycles. The van der Waals surface area contributed by atoms with E-state index < -0.39 is 0 Å². The SMILES string of the molecule is CCC(C)C(=O)NC(C)c1nn[nH]n1. The summed E-state index contributed by atoms with van der Waals surface area (Å²) in [5.74, 6) is 0.538. The smallest absolute Gasteiger partial charge is 0.223 e. The van der Waals surface area contributed by atoms with Gasteiger partial charge in [-0.25, -0.2) is 0 Å². The Labute approximate surface area is 82.5 Å². The van der Waals surface area contributed by atoms with Crippen molar-refractivity contribution in [2.24, 2.45) is 5.92 Å². The fraction of sp³-hybridized carbons (Fsp3) is 0.750. The molecule has 2 N–H and O–H groups in total. The number of nitrogens with zero attached hydrogens (tertiary/aromatic N) is 3. The molecular formula is C8H15N5O. The molecule has 1 rings (SSSR count). The summed E-state index contributed by atoms with van der Waals surface area (Å²) in [5, 5.41) is 16.2. The molecule has 0 saturated carbocycles. The molecule has 0 aromatic carbocycles. The van der Waals surface area contributed by atoms with Gasteiger partial charge < -0.3 is 5.32 Å². The summed E-state index contributed by atoms with van der Waals surface area (Å²) in [6, 6.07) is -0.199. The van der Waals surface area contributed by atoms with E-state index in [4.69, 9.17) is 0 Å². The van der Waals surface area contributed by atoms with E-state index in [2.05, 4.69) is 25.9 Å². The molecule has 2 unspecified atom stereocenters. The van der Waals surface area contributed by atoms with Gasteiger partial charge in [0.15, 0.2) is 5.82 Å². The van der Waals surface area contributed by atoms with Crippen molar-refractivity contribution in [2.75, 3.05) is 0 Å². The van der Waals surface area contributed by atoms with E-state index in [-0.39, 0.29) is 17.9 Å². The molecule has 0 bridgehead atoms. The predicted octanol–water partition coefficient (Wildman–Crippen LogP) is 0.423.